The summed E-state index contributed by atoms with van der Waals surface area (Å²) >= 11 is 0. The normalized spacial score (nSPS) is 27.1. The van der Waals surface area contributed by atoms with Gasteiger partial charge in [0, 0.05) is 18.4 Å². The summed E-state index contributed by atoms with van der Waals surface area (Å²) in [5.74, 6) is 0.545. The molecular weight excluding hydrogens is 176 g/mol. The summed E-state index contributed by atoms with van der Waals surface area (Å²) in [4.78, 5) is 3.96. The molecule has 0 bridgehead atoms. The van der Waals surface area contributed by atoms with Crippen LogP contribution in [-0.2, 0) is 0 Å². The van der Waals surface area contributed by atoms with Gasteiger partial charge in [-0.25, -0.2) is 13.8 Å². The first kappa shape index (κ1) is 8.47. The monoisotopic (exact) mass is 187 g/mol. The van der Waals surface area contributed by atoms with Gasteiger partial charge in [-0.15, -0.1) is 0 Å². The van der Waals surface area contributed by atoms with Crippen molar-refractivity contribution in [1.29, 1.82) is 0 Å². The van der Waals surface area contributed by atoms with Crippen LogP contribution in [0.25, 0.3) is 0 Å². The fourth-order valence-corrected chi connectivity index (χ4v) is 1.65. The maximum absolute atomic E-state index is 12.4. The van der Waals surface area contributed by atoms with E-state index in [1.54, 1.807) is 12.4 Å². The molecule has 1 N–H and O–H groups in total. The fourth-order valence-electron chi connectivity index (χ4n) is 1.65. The van der Waals surface area contributed by atoms with Crippen LogP contribution in [0, 0.1) is 0 Å². The fraction of sp³-hybridized carbons (Fsp3) is 0.625. The molecule has 1 aliphatic rings. The van der Waals surface area contributed by atoms with Gasteiger partial charge in [0.15, 0.2) is 0 Å². The maximum Gasteiger partial charge on any atom is 0.258 e. The van der Waals surface area contributed by atoms with Gasteiger partial charge in [-0.05, 0) is 13.3 Å². The molecule has 5 heteroatoms. The second kappa shape index (κ2) is 2.97. The van der Waals surface area contributed by atoms with Crippen LogP contribution < -0.4 is 5.32 Å². The molecule has 1 aromatic rings. The molecule has 2 rings (SSSR count). The Morgan fingerprint density at radius 1 is 1.69 bits per heavy atom. The van der Waals surface area contributed by atoms with Crippen molar-refractivity contribution in [3.8, 4) is 0 Å². The number of nitrogens with zero attached hydrogens (tertiary/aromatic N) is 2. The van der Waals surface area contributed by atoms with Crippen molar-refractivity contribution in [2.75, 3.05) is 5.32 Å². The van der Waals surface area contributed by atoms with Gasteiger partial charge < -0.3 is 9.88 Å². The summed E-state index contributed by atoms with van der Waals surface area (Å²) in [5, 5.41) is 2.71. The highest BCUT2D eigenvalue weighted by molar-refractivity contribution is 5.31. The maximum atomic E-state index is 12.4. The van der Waals surface area contributed by atoms with Gasteiger partial charge in [0.1, 0.15) is 0 Å². The van der Waals surface area contributed by atoms with E-state index < -0.39 is 12.5 Å². The Hall–Kier alpha value is -1.13. The quantitative estimate of drug-likeness (QED) is 0.727. The molecule has 2 heterocycles. The second-order valence-electron chi connectivity index (χ2n) is 3.33. The summed E-state index contributed by atoms with van der Waals surface area (Å²) in [7, 11) is 0. The van der Waals surface area contributed by atoms with Crippen molar-refractivity contribution in [2.24, 2.45) is 0 Å². The van der Waals surface area contributed by atoms with Gasteiger partial charge >= 0.3 is 0 Å². The Kier molecular flexibility index (Phi) is 1.94. The highest BCUT2D eigenvalue weighted by atomic mass is 19.3. The number of rotatable bonds is 1. The molecule has 13 heavy (non-hydrogen) atoms. The van der Waals surface area contributed by atoms with Crippen LogP contribution in [0.5, 0.6) is 0 Å². The zero-order valence-electron chi connectivity index (χ0n) is 7.24. The summed E-state index contributed by atoms with van der Waals surface area (Å²) in [5.41, 5.74) is 0. The molecule has 72 valence electrons. The lowest BCUT2D eigenvalue weighted by Crippen LogP contribution is -2.36. The summed E-state index contributed by atoms with van der Waals surface area (Å²) < 4.78 is 26.7. The summed E-state index contributed by atoms with van der Waals surface area (Å²) in [6.07, 6.45) is 1.54. The Balaban J connectivity index is 2.23. The minimum atomic E-state index is -2.33. The van der Waals surface area contributed by atoms with Crippen molar-refractivity contribution in [2.45, 2.75) is 31.9 Å². The average molecular weight is 187 g/mol. The molecule has 2 unspecified atom stereocenters. The van der Waals surface area contributed by atoms with E-state index in [1.807, 2.05) is 11.5 Å². The molecule has 0 saturated heterocycles. The van der Waals surface area contributed by atoms with Crippen LogP contribution in [0.3, 0.4) is 0 Å². The SMILES string of the molecule is CC1CC(C(F)F)Nc2nccn21. The van der Waals surface area contributed by atoms with Crippen molar-refractivity contribution in [1.82, 2.24) is 9.55 Å². The van der Waals surface area contributed by atoms with Crippen molar-refractivity contribution in [3.63, 3.8) is 0 Å². The van der Waals surface area contributed by atoms with Gasteiger partial charge in [0.05, 0.1) is 6.04 Å². The van der Waals surface area contributed by atoms with Crippen LogP contribution in [0.15, 0.2) is 12.4 Å². The van der Waals surface area contributed by atoms with Crippen LogP contribution in [0.4, 0.5) is 14.7 Å². The smallest absolute Gasteiger partial charge is 0.258 e. The molecule has 1 aliphatic heterocycles. The Labute approximate surface area is 74.8 Å². The first-order valence-electron chi connectivity index (χ1n) is 4.26. The van der Waals surface area contributed by atoms with Gasteiger partial charge in [0.2, 0.25) is 5.95 Å². The number of nitrogens with one attached hydrogen (secondary N) is 1. The number of fused-ring (bicyclic) bond motifs is 1. The predicted octanol–water partition coefficient (Wildman–Crippen LogP) is 1.89. The Bertz CT molecular complexity index is 297. The predicted molar refractivity (Wildman–Crippen MR) is 45.0 cm³/mol. The molecular formula is C8H11F2N3. The van der Waals surface area contributed by atoms with E-state index in [9.17, 15) is 8.78 Å². The molecule has 0 saturated carbocycles. The van der Waals surface area contributed by atoms with Crippen molar-refractivity contribution >= 4 is 5.95 Å². The lowest BCUT2D eigenvalue weighted by atomic mass is 10.1. The van der Waals surface area contributed by atoms with Gasteiger partial charge in [-0.1, -0.05) is 0 Å². The minimum absolute atomic E-state index is 0.0951. The number of imidazole rings is 1. The number of hydrogen-bond acceptors (Lipinski definition) is 2. The van der Waals surface area contributed by atoms with E-state index in [2.05, 4.69) is 10.3 Å². The lowest BCUT2D eigenvalue weighted by molar-refractivity contribution is 0.109. The van der Waals surface area contributed by atoms with Crippen LogP contribution in [0.2, 0.25) is 0 Å². The highest BCUT2D eigenvalue weighted by Gasteiger charge is 2.29. The molecule has 0 fully saturated rings. The number of alkyl halides is 2. The van der Waals surface area contributed by atoms with Crippen LogP contribution >= 0.6 is 0 Å². The number of anilines is 1. The van der Waals surface area contributed by atoms with Crippen LogP contribution in [0.1, 0.15) is 19.4 Å². The Morgan fingerprint density at radius 3 is 3.15 bits per heavy atom. The largest absolute Gasteiger partial charge is 0.347 e. The standard InChI is InChI=1S/C8H11F2N3/c1-5-4-6(7(9)10)12-8-11-2-3-13(5)8/h2-3,5-7H,4H2,1H3,(H,11,12). The van der Waals surface area contributed by atoms with Crippen molar-refractivity contribution in [3.05, 3.63) is 12.4 Å². The average Bonchev–Trinajstić information content (AvgIpc) is 2.51. The lowest BCUT2D eigenvalue weighted by Gasteiger charge is -2.29. The third-order valence-electron chi connectivity index (χ3n) is 2.36. The van der Waals surface area contributed by atoms with Gasteiger partial charge in [0.25, 0.3) is 6.43 Å². The van der Waals surface area contributed by atoms with E-state index in [0.717, 1.165) is 0 Å². The molecule has 0 aliphatic carbocycles. The molecule has 0 radical (unpaired) electrons. The Morgan fingerprint density at radius 2 is 2.46 bits per heavy atom. The first-order chi connectivity index (χ1) is 6.18. The van der Waals surface area contributed by atoms with E-state index in [4.69, 9.17) is 0 Å². The molecule has 2 atom stereocenters. The molecule has 1 aromatic heterocycles. The summed E-state index contributed by atoms with van der Waals surface area (Å²) in [6, 6.07) is -0.664. The van der Waals surface area contributed by atoms with E-state index in [1.165, 1.54) is 0 Å². The number of aromatic nitrogens is 2. The first-order valence-corrected chi connectivity index (χ1v) is 4.26. The highest BCUT2D eigenvalue weighted by Crippen LogP contribution is 2.27. The molecule has 0 spiro atoms. The number of halogens is 2. The third-order valence-corrected chi connectivity index (χ3v) is 2.36. The molecule has 0 aromatic carbocycles. The number of hydrogen-bond donors (Lipinski definition) is 1. The summed E-state index contributed by atoms with van der Waals surface area (Å²) in [6.45, 7) is 1.92. The zero-order valence-corrected chi connectivity index (χ0v) is 7.24. The van der Waals surface area contributed by atoms with Gasteiger partial charge in [-0.2, -0.15) is 0 Å². The third kappa shape index (κ3) is 1.38. The second-order valence-corrected chi connectivity index (χ2v) is 3.33. The van der Waals surface area contributed by atoms with Crippen molar-refractivity contribution < 1.29 is 8.78 Å². The van der Waals surface area contributed by atoms with Crippen LogP contribution in [-0.4, -0.2) is 22.0 Å². The van der Waals surface area contributed by atoms with E-state index in [0.29, 0.717) is 12.4 Å². The van der Waals surface area contributed by atoms with E-state index >= 15 is 0 Å². The van der Waals surface area contributed by atoms with Gasteiger partial charge in [-0.3, -0.25) is 0 Å². The van der Waals surface area contributed by atoms with E-state index in [-0.39, 0.29) is 6.04 Å². The topological polar surface area (TPSA) is 29.9 Å². The molecule has 0 amide bonds. The molecule has 3 nitrogen and oxygen atoms in total. The zero-order chi connectivity index (χ0) is 9.42. The minimum Gasteiger partial charge on any atom is -0.347 e.